The van der Waals surface area contributed by atoms with Gasteiger partial charge in [-0.05, 0) is 88.0 Å². The molecule has 3 heteroatoms. The van der Waals surface area contributed by atoms with Crippen LogP contribution in [0.1, 0.15) is 22.3 Å². The van der Waals surface area contributed by atoms with Crippen LogP contribution < -0.4 is 10.1 Å². The number of hydrogen-bond donors (Lipinski definition) is 0. The van der Waals surface area contributed by atoms with Crippen LogP contribution in [0.3, 0.4) is 0 Å². The summed E-state index contributed by atoms with van der Waals surface area (Å²) in [7, 11) is -1.52. The quantitative estimate of drug-likeness (QED) is 0.149. The number of hydrogen-bond acceptors (Lipinski definition) is 1. The largest absolute Gasteiger partial charge is 0.310 e. The third-order valence-corrected chi connectivity index (χ3v) is 13.7. The number of para-hydroxylation sites is 2. The van der Waals surface area contributed by atoms with E-state index in [-0.39, 0.29) is 0 Å². The zero-order valence-electron chi connectivity index (χ0n) is 31.4. The molecule has 0 bridgehead atoms. The maximum atomic E-state index is 2.47. The molecule has 2 nitrogen and oxygen atoms in total. The van der Waals surface area contributed by atoms with E-state index in [0.29, 0.717) is 0 Å². The van der Waals surface area contributed by atoms with Gasteiger partial charge in [0.2, 0.25) is 0 Å². The average molecular weight is 723 g/mol. The van der Waals surface area contributed by atoms with E-state index in [4.69, 9.17) is 0 Å². The minimum absolute atomic E-state index is 0.485. The summed E-state index contributed by atoms with van der Waals surface area (Å²) < 4.78 is 2.41. The molecule has 0 N–H and O–H groups in total. The van der Waals surface area contributed by atoms with Crippen LogP contribution >= 0.6 is 0 Å². The van der Waals surface area contributed by atoms with Crippen LogP contribution in [0, 0.1) is 0 Å². The first-order chi connectivity index (χ1) is 26.9. The Morgan fingerprint density at radius 1 is 0.418 bits per heavy atom. The van der Waals surface area contributed by atoms with Gasteiger partial charge in [0.15, 0.2) is 0 Å². The zero-order chi connectivity index (χ0) is 37.1. The second-order valence-electron chi connectivity index (χ2n) is 15.8. The predicted molar refractivity (Wildman–Crippen MR) is 236 cm³/mol. The van der Waals surface area contributed by atoms with Crippen molar-refractivity contribution in [1.82, 2.24) is 4.57 Å². The van der Waals surface area contributed by atoms with E-state index in [2.05, 4.69) is 229 Å². The van der Waals surface area contributed by atoms with Crippen molar-refractivity contribution in [3.63, 3.8) is 0 Å². The summed E-state index contributed by atoms with van der Waals surface area (Å²) in [6, 6.07) is 74.2. The van der Waals surface area contributed by atoms with Crippen LogP contribution in [-0.4, -0.2) is 12.6 Å². The van der Waals surface area contributed by atoms with Gasteiger partial charge in [-0.3, -0.25) is 0 Å². The first kappa shape index (κ1) is 33.2. The van der Waals surface area contributed by atoms with Crippen LogP contribution in [0.4, 0.5) is 17.1 Å². The maximum Gasteiger partial charge on any atom is 0.0775 e. The van der Waals surface area contributed by atoms with Gasteiger partial charge >= 0.3 is 0 Å². The van der Waals surface area contributed by atoms with E-state index in [0.717, 1.165) is 22.7 Å². The molecule has 10 rings (SSSR count). The van der Waals surface area contributed by atoms with Gasteiger partial charge in [0, 0.05) is 33.5 Å². The molecule has 1 aliphatic carbocycles. The van der Waals surface area contributed by atoms with Crippen molar-refractivity contribution >= 4 is 52.1 Å². The van der Waals surface area contributed by atoms with Gasteiger partial charge in [-0.15, -0.1) is 0 Å². The van der Waals surface area contributed by atoms with Crippen molar-refractivity contribution in [2.45, 2.75) is 25.1 Å². The lowest BCUT2D eigenvalue weighted by Gasteiger charge is -2.35. The van der Waals surface area contributed by atoms with E-state index >= 15 is 0 Å². The van der Waals surface area contributed by atoms with Crippen LogP contribution in [0.25, 0.3) is 38.6 Å². The Bertz CT molecular complexity index is 2790. The summed E-state index contributed by atoms with van der Waals surface area (Å²) in [5.74, 6) is 0. The molecule has 0 saturated carbocycles. The minimum atomic E-state index is -1.52. The normalized spacial score (nSPS) is 13.1. The SMILES string of the molecule is C[Si](C)(C)c1ccc(N(c2ccc3c(c2)C(c2ccccc2)(c2ccccc2)c2ccccc2-3)c2ccc3c4ccccc4n(-c4ccccc4)c3c2)cc1. The summed E-state index contributed by atoms with van der Waals surface area (Å²) in [4.78, 5) is 2.46. The highest BCUT2D eigenvalue weighted by Gasteiger charge is 2.46. The van der Waals surface area contributed by atoms with Crippen LogP contribution in [0.5, 0.6) is 0 Å². The van der Waals surface area contributed by atoms with E-state index in [1.807, 2.05) is 0 Å². The fourth-order valence-electron chi connectivity index (χ4n) is 9.08. The molecule has 1 aromatic heterocycles. The number of anilines is 3. The molecule has 0 radical (unpaired) electrons. The van der Waals surface area contributed by atoms with Gasteiger partial charge in [0.05, 0.1) is 24.5 Å². The number of benzene rings is 8. The Kier molecular flexibility index (Phi) is 7.76. The Morgan fingerprint density at radius 2 is 0.945 bits per heavy atom. The molecular formula is C52H42N2Si. The Balaban J connectivity index is 1.25. The van der Waals surface area contributed by atoms with Gasteiger partial charge in [-0.1, -0.05) is 170 Å². The summed E-state index contributed by atoms with van der Waals surface area (Å²) in [6.45, 7) is 7.25. The van der Waals surface area contributed by atoms with Crippen molar-refractivity contribution in [3.05, 3.63) is 222 Å². The molecule has 9 aromatic rings. The number of aromatic nitrogens is 1. The standard InChI is InChI=1S/C52H42N2Si/c1-55(2,3)43-31-27-40(28-32-43)53(42-30-34-47-46-24-14-16-26-50(46)54(51(47)36-42)39-21-11-6-12-22-39)41-29-33-45-44-23-13-15-25-48(44)52(49(45)35-41,37-17-7-4-8-18-37)38-19-9-5-10-20-38/h4-36H,1-3H3. The van der Waals surface area contributed by atoms with Gasteiger partial charge < -0.3 is 9.47 Å². The molecule has 0 fully saturated rings. The zero-order valence-corrected chi connectivity index (χ0v) is 32.4. The molecule has 0 amide bonds. The van der Waals surface area contributed by atoms with E-state index in [1.165, 1.54) is 60.4 Å². The summed E-state index contributed by atoms with van der Waals surface area (Å²) in [6.07, 6.45) is 0. The second-order valence-corrected chi connectivity index (χ2v) is 20.9. The molecule has 0 unspecified atom stereocenters. The van der Waals surface area contributed by atoms with E-state index in [9.17, 15) is 0 Å². The van der Waals surface area contributed by atoms with Gasteiger partial charge in [-0.2, -0.15) is 0 Å². The third-order valence-electron chi connectivity index (χ3n) is 11.6. The second kappa shape index (κ2) is 12.9. The van der Waals surface area contributed by atoms with Crippen molar-refractivity contribution in [2.75, 3.05) is 4.90 Å². The van der Waals surface area contributed by atoms with Gasteiger partial charge in [-0.25, -0.2) is 0 Å². The predicted octanol–water partition coefficient (Wildman–Crippen LogP) is 13.2. The topological polar surface area (TPSA) is 8.17 Å². The molecular weight excluding hydrogens is 681 g/mol. The van der Waals surface area contributed by atoms with Gasteiger partial charge in [0.1, 0.15) is 0 Å². The average Bonchev–Trinajstić information content (AvgIpc) is 3.72. The smallest absolute Gasteiger partial charge is 0.0775 e. The monoisotopic (exact) mass is 722 g/mol. The molecule has 0 saturated heterocycles. The Hall–Kier alpha value is -6.42. The summed E-state index contributed by atoms with van der Waals surface area (Å²) >= 11 is 0. The van der Waals surface area contributed by atoms with E-state index in [1.54, 1.807) is 0 Å². The van der Waals surface area contributed by atoms with Crippen molar-refractivity contribution < 1.29 is 0 Å². The summed E-state index contributed by atoms with van der Waals surface area (Å²) in [5, 5.41) is 3.95. The lowest BCUT2D eigenvalue weighted by Crippen LogP contribution is -2.37. The fourth-order valence-corrected chi connectivity index (χ4v) is 10.2. The molecule has 0 aliphatic heterocycles. The number of nitrogens with zero attached hydrogens (tertiary/aromatic N) is 2. The van der Waals surface area contributed by atoms with Crippen molar-refractivity contribution in [1.29, 1.82) is 0 Å². The first-order valence-electron chi connectivity index (χ1n) is 19.3. The molecule has 55 heavy (non-hydrogen) atoms. The van der Waals surface area contributed by atoms with E-state index < -0.39 is 13.5 Å². The molecule has 1 aliphatic rings. The lowest BCUT2D eigenvalue weighted by molar-refractivity contribution is 0.768. The van der Waals surface area contributed by atoms with Crippen molar-refractivity contribution in [2.24, 2.45) is 0 Å². The molecule has 0 atom stereocenters. The number of fused-ring (bicyclic) bond motifs is 6. The minimum Gasteiger partial charge on any atom is -0.310 e. The highest BCUT2D eigenvalue weighted by Crippen LogP contribution is 2.57. The highest BCUT2D eigenvalue weighted by molar-refractivity contribution is 6.88. The molecule has 0 spiro atoms. The summed E-state index contributed by atoms with van der Waals surface area (Å²) in [5.41, 5.74) is 14.2. The number of rotatable bonds is 7. The molecule has 1 heterocycles. The Morgan fingerprint density at radius 3 is 1.64 bits per heavy atom. The lowest BCUT2D eigenvalue weighted by atomic mass is 9.67. The van der Waals surface area contributed by atoms with Crippen LogP contribution in [0.2, 0.25) is 19.6 Å². The maximum absolute atomic E-state index is 2.47. The molecule has 8 aromatic carbocycles. The van der Waals surface area contributed by atoms with Crippen molar-refractivity contribution in [3.8, 4) is 16.8 Å². The van der Waals surface area contributed by atoms with Crippen LogP contribution in [0.15, 0.2) is 200 Å². The van der Waals surface area contributed by atoms with Gasteiger partial charge in [0.25, 0.3) is 0 Å². The third kappa shape index (κ3) is 5.22. The Labute approximate surface area is 324 Å². The highest BCUT2D eigenvalue weighted by atomic mass is 28.3. The fraction of sp³-hybridized carbons (Fsp3) is 0.0769. The first-order valence-corrected chi connectivity index (χ1v) is 22.8. The van der Waals surface area contributed by atoms with Crippen LogP contribution in [-0.2, 0) is 5.41 Å². The molecule has 264 valence electrons.